The number of anilines is 1. The third kappa shape index (κ3) is 5.76. The van der Waals surface area contributed by atoms with Crippen LogP contribution >= 0.6 is 11.6 Å². The van der Waals surface area contributed by atoms with E-state index in [1.54, 1.807) is 18.2 Å². The molecule has 8 heteroatoms. The van der Waals surface area contributed by atoms with Crippen LogP contribution in [-0.4, -0.2) is 32.7 Å². The van der Waals surface area contributed by atoms with Gasteiger partial charge in [-0.2, -0.15) is 5.26 Å². The van der Waals surface area contributed by atoms with E-state index in [1.807, 2.05) is 6.07 Å². The number of methoxy groups -OCH3 is 2. The number of hydrogen-bond donors (Lipinski definition) is 1. The number of esters is 1. The molecule has 0 spiro atoms. The summed E-state index contributed by atoms with van der Waals surface area (Å²) in [6, 6.07) is 11.5. The molecule has 144 valence electrons. The minimum Gasteiger partial charge on any atom is -0.493 e. The van der Waals surface area contributed by atoms with Crippen molar-refractivity contribution in [1.29, 1.82) is 5.26 Å². The van der Waals surface area contributed by atoms with Gasteiger partial charge in [-0.15, -0.1) is 0 Å². The summed E-state index contributed by atoms with van der Waals surface area (Å²) in [6.45, 7) is -0.507. The largest absolute Gasteiger partial charge is 0.493 e. The number of ether oxygens (including phenoxy) is 3. The van der Waals surface area contributed by atoms with Crippen LogP contribution in [0.25, 0.3) is 6.08 Å². The number of amides is 1. The molecule has 1 amide bonds. The Hall–Kier alpha value is -3.50. The Morgan fingerprint density at radius 2 is 1.89 bits per heavy atom. The number of carbonyl (C=O) groups is 2. The van der Waals surface area contributed by atoms with Gasteiger partial charge in [0.15, 0.2) is 18.1 Å². The SMILES string of the molecule is COc1ccc(/C=C/C(=O)OCC(=O)Nc2cc(Cl)ccc2C#N)cc1OC. The molecule has 0 heterocycles. The van der Waals surface area contributed by atoms with Crippen molar-refractivity contribution in [2.75, 3.05) is 26.1 Å². The van der Waals surface area contributed by atoms with Crippen molar-refractivity contribution in [2.45, 2.75) is 0 Å². The Kier molecular flexibility index (Phi) is 7.43. The van der Waals surface area contributed by atoms with E-state index in [0.29, 0.717) is 22.1 Å². The Bertz CT molecular complexity index is 950. The van der Waals surface area contributed by atoms with E-state index in [0.717, 1.165) is 0 Å². The zero-order valence-corrected chi connectivity index (χ0v) is 15.9. The maximum atomic E-state index is 11.9. The summed E-state index contributed by atoms with van der Waals surface area (Å²) in [6.07, 6.45) is 2.71. The molecule has 0 bridgehead atoms. The van der Waals surface area contributed by atoms with Crippen LogP contribution in [0, 0.1) is 11.3 Å². The van der Waals surface area contributed by atoms with Gasteiger partial charge in [-0.1, -0.05) is 17.7 Å². The van der Waals surface area contributed by atoms with Gasteiger partial charge in [0.05, 0.1) is 25.5 Å². The summed E-state index contributed by atoms with van der Waals surface area (Å²) in [7, 11) is 3.04. The Morgan fingerprint density at radius 1 is 1.14 bits per heavy atom. The van der Waals surface area contributed by atoms with E-state index in [9.17, 15) is 9.59 Å². The van der Waals surface area contributed by atoms with Crippen LogP contribution in [-0.2, 0) is 14.3 Å². The predicted octanol–water partition coefficient (Wildman–Crippen LogP) is 3.42. The van der Waals surface area contributed by atoms with Crippen LogP contribution in [0.2, 0.25) is 5.02 Å². The molecular weight excluding hydrogens is 384 g/mol. The van der Waals surface area contributed by atoms with E-state index >= 15 is 0 Å². The molecule has 0 saturated heterocycles. The number of nitriles is 1. The van der Waals surface area contributed by atoms with Crippen molar-refractivity contribution < 1.29 is 23.8 Å². The van der Waals surface area contributed by atoms with Crippen molar-refractivity contribution in [2.24, 2.45) is 0 Å². The number of halogens is 1. The number of rotatable bonds is 7. The second kappa shape index (κ2) is 10.00. The maximum absolute atomic E-state index is 11.9. The van der Waals surface area contributed by atoms with Gasteiger partial charge < -0.3 is 19.5 Å². The fourth-order valence-electron chi connectivity index (χ4n) is 2.21. The predicted molar refractivity (Wildman–Crippen MR) is 104 cm³/mol. The lowest BCUT2D eigenvalue weighted by Gasteiger charge is -2.08. The number of nitrogens with zero attached hydrogens (tertiary/aromatic N) is 1. The zero-order chi connectivity index (χ0) is 20.5. The van der Waals surface area contributed by atoms with Crippen LogP contribution in [0.4, 0.5) is 5.69 Å². The third-order valence-corrected chi connectivity index (χ3v) is 3.78. The smallest absolute Gasteiger partial charge is 0.331 e. The van der Waals surface area contributed by atoms with Gasteiger partial charge in [-0.05, 0) is 42.0 Å². The van der Waals surface area contributed by atoms with Gasteiger partial charge >= 0.3 is 5.97 Å². The van der Waals surface area contributed by atoms with Gasteiger partial charge in [-0.3, -0.25) is 4.79 Å². The molecule has 7 nitrogen and oxygen atoms in total. The standard InChI is InChI=1S/C20H17ClN2O5/c1-26-17-7-3-13(9-18(17)27-2)4-8-20(25)28-12-19(24)23-16-10-15(21)6-5-14(16)11-22/h3-10H,12H2,1-2H3,(H,23,24)/b8-4+. The molecule has 0 aliphatic rings. The van der Waals surface area contributed by atoms with E-state index in [2.05, 4.69) is 5.32 Å². The first-order valence-corrected chi connectivity index (χ1v) is 8.41. The Morgan fingerprint density at radius 3 is 2.57 bits per heavy atom. The number of nitrogens with one attached hydrogen (secondary N) is 1. The lowest BCUT2D eigenvalue weighted by atomic mass is 10.2. The van der Waals surface area contributed by atoms with E-state index in [4.69, 9.17) is 31.1 Å². The first-order chi connectivity index (χ1) is 13.5. The highest BCUT2D eigenvalue weighted by molar-refractivity contribution is 6.31. The second-order valence-electron chi connectivity index (χ2n) is 5.41. The van der Waals surface area contributed by atoms with E-state index in [-0.39, 0.29) is 11.3 Å². The van der Waals surface area contributed by atoms with E-state index < -0.39 is 18.5 Å². The number of carbonyl (C=O) groups excluding carboxylic acids is 2. The van der Waals surface area contributed by atoms with Crippen LogP contribution < -0.4 is 14.8 Å². The molecule has 0 aliphatic carbocycles. The van der Waals surface area contributed by atoms with Gasteiger partial charge in [0.1, 0.15) is 6.07 Å². The molecule has 0 atom stereocenters. The van der Waals surface area contributed by atoms with Crippen molar-refractivity contribution in [3.63, 3.8) is 0 Å². The lowest BCUT2D eigenvalue weighted by molar-refractivity contribution is -0.142. The van der Waals surface area contributed by atoms with Crippen molar-refractivity contribution >= 4 is 35.2 Å². The Balaban J connectivity index is 1.92. The summed E-state index contributed by atoms with van der Waals surface area (Å²) >= 11 is 5.85. The fourth-order valence-corrected chi connectivity index (χ4v) is 2.38. The molecule has 0 saturated carbocycles. The first kappa shape index (κ1) is 20.8. The molecule has 2 rings (SSSR count). The topological polar surface area (TPSA) is 97.6 Å². The quantitative estimate of drug-likeness (QED) is 0.565. The summed E-state index contributed by atoms with van der Waals surface area (Å²) in [5.41, 5.74) is 1.19. The Labute approximate surface area is 167 Å². The second-order valence-corrected chi connectivity index (χ2v) is 5.84. The van der Waals surface area contributed by atoms with Crippen molar-refractivity contribution in [3.05, 3.63) is 58.6 Å². The zero-order valence-electron chi connectivity index (χ0n) is 15.2. The fraction of sp³-hybridized carbons (Fsp3) is 0.150. The third-order valence-electron chi connectivity index (χ3n) is 3.54. The van der Waals surface area contributed by atoms with E-state index in [1.165, 1.54) is 44.6 Å². The average molecular weight is 401 g/mol. The molecule has 0 unspecified atom stereocenters. The highest BCUT2D eigenvalue weighted by Gasteiger charge is 2.10. The summed E-state index contributed by atoms with van der Waals surface area (Å²) in [4.78, 5) is 23.7. The molecule has 0 radical (unpaired) electrons. The number of hydrogen-bond acceptors (Lipinski definition) is 6. The monoisotopic (exact) mass is 400 g/mol. The molecular formula is C20H17ClN2O5. The summed E-state index contributed by atoms with van der Waals surface area (Å²) in [5.74, 6) is -0.202. The van der Waals surface area contributed by atoms with Crippen molar-refractivity contribution in [3.8, 4) is 17.6 Å². The molecule has 0 aromatic heterocycles. The maximum Gasteiger partial charge on any atom is 0.331 e. The molecule has 1 N–H and O–H groups in total. The molecule has 0 fully saturated rings. The minimum absolute atomic E-state index is 0.247. The molecule has 0 aliphatic heterocycles. The average Bonchev–Trinajstić information content (AvgIpc) is 2.70. The van der Waals surface area contributed by atoms with Gasteiger partial charge in [0.2, 0.25) is 0 Å². The molecule has 2 aromatic rings. The summed E-state index contributed by atoms with van der Waals surface area (Å²) < 4.78 is 15.2. The van der Waals surface area contributed by atoms with Crippen molar-refractivity contribution in [1.82, 2.24) is 0 Å². The van der Waals surface area contributed by atoms with Gasteiger partial charge in [-0.25, -0.2) is 4.79 Å². The van der Waals surface area contributed by atoms with Crippen LogP contribution in [0.3, 0.4) is 0 Å². The highest BCUT2D eigenvalue weighted by atomic mass is 35.5. The highest BCUT2D eigenvalue weighted by Crippen LogP contribution is 2.28. The van der Waals surface area contributed by atoms with Crippen LogP contribution in [0.5, 0.6) is 11.5 Å². The minimum atomic E-state index is -0.698. The van der Waals surface area contributed by atoms with Crippen LogP contribution in [0.15, 0.2) is 42.5 Å². The first-order valence-electron chi connectivity index (χ1n) is 8.03. The van der Waals surface area contributed by atoms with Gasteiger partial charge in [0, 0.05) is 11.1 Å². The van der Waals surface area contributed by atoms with Crippen LogP contribution in [0.1, 0.15) is 11.1 Å². The normalized spacial score (nSPS) is 10.2. The lowest BCUT2D eigenvalue weighted by Crippen LogP contribution is -2.20. The molecule has 2 aromatic carbocycles. The number of benzene rings is 2. The summed E-state index contributed by atoms with van der Waals surface area (Å²) in [5, 5.41) is 11.9. The molecule has 28 heavy (non-hydrogen) atoms. The van der Waals surface area contributed by atoms with Gasteiger partial charge in [0.25, 0.3) is 5.91 Å².